The maximum absolute atomic E-state index is 13.3. The number of carbonyl (C=O) groups is 2. The van der Waals surface area contributed by atoms with Gasteiger partial charge in [-0.2, -0.15) is 0 Å². The number of ether oxygens (including phenoxy) is 3. The third-order valence-electron chi connectivity index (χ3n) is 5.21. The van der Waals surface area contributed by atoms with E-state index in [9.17, 15) is 9.59 Å². The zero-order chi connectivity index (χ0) is 18.4. The predicted octanol–water partition coefficient (Wildman–Crippen LogP) is 2.06. The van der Waals surface area contributed by atoms with Crippen LogP contribution in [-0.2, 0) is 10.3 Å². The number of carbonyl (C=O) groups excluding carboxylic acids is 2. The molecule has 2 aromatic rings. The first-order valence-electron chi connectivity index (χ1n) is 8.92. The molecule has 27 heavy (non-hydrogen) atoms. The monoisotopic (exact) mass is 366 g/mol. The van der Waals surface area contributed by atoms with Gasteiger partial charge in [0, 0.05) is 12.0 Å². The Hall–Kier alpha value is -3.22. The second kappa shape index (κ2) is 5.90. The molecule has 0 bridgehead atoms. The Bertz CT molecular complexity index is 930. The van der Waals surface area contributed by atoms with Crippen molar-refractivity contribution in [3.8, 4) is 17.2 Å². The van der Waals surface area contributed by atoms with Crippen LogP contribution in [0, 0.1) is 0 Å². The van der Waals surface area contributed by atoms with E-state index in [0.29, 0.717) is 35.8 Å². The molecule has 3 heterocycles. The first-order valence-corrected chi connectivity index (χ1v) is 8.92. The second-order valence-corrected chi connectivity index (χ2v) is 6.84. The first-order chi connectivity index (χ1) is 13.2. The smallest absolute Gasteiger partial charge is 0.325 e. The number of fused-ring (bicyclic) bond motifs is 3. The number of nitrogens with one attached hydrogen (secondary N) is 1. The minimum absolute atomic E-state index is 0.129. The van der Waals surface area contributed by atoms with Gasteiger partial charge in [0.25, 0.3) is 5.91 Å². The van der Waals surface area contributed by atoms with Crippen molar-refractivity contribution in [1.82, 2.24) is 10.2 Å². The third-order valence-corrected chi connectivity index (χ3v) is 5.21. The maximum Gasteiger partial charge on any atom is 0.325 e. The summed E-state index contributed by atoms with van der Waals surface area (Å²) in [5, 5.41) is 2.90. The number of amides is 3. The molecule has 0 radical (unpaired) electrons. The van der Waals surface area contributed by atoms with E-state index >= 15 is 0 Å². The molecule has 0 aliphatic carbocycles. The Morgan fingerprint density at radius 2 is 1.74 bits per heavy atom. The Morgan fingerprint density at radius 3 is 2.59 bits per heavy atom. The SMILES string of the molecule is O=C1NC2(CCOc3ccccc32)C(=O)N1CC1COc2ccccc2O1. The molecule has 3 aliphatic heterocycles. The van der Waals surface area contributed by atoms with Crippen LogP contribution in [0.2, 0.25) is 0 Å². The van der Waals surface area contributed by atoms with Crippen molar-refractivity contribution in [2.75, 3.05) is 19.8 Å². The largest absolute Gasteiger partial charge is 0.493 e. The number of urea groups is 1. The molecule has 7 nitrogen and oxygen atoms in total. The Kier molecular flexibility index (Phi) is 3.50. The van der Waals surface area contributed by atoms with Gasteiger partial charge in [0.2, 0.25) is 0 Å². The maximum atomic E-state index is 13.3. The summed E-state index contributed by atoms with van der Waals surface area (Å²) in [4.78, 5) is 27.1. The summed E-state index contributed by atoms with van der Waals surface area (Å²) in [5.74, 6) is 1.64. The van der Waals surface area contributed by atoms with Crippen LogP contribution in [-0.4, -0.2) is 42.7 Å². The molecule has 1 N–H and O–H groups in total. The van der Waals surface area contributed by atoms with Crippen molar-refractivity contribution in [1.29, 1.82) is 0 Å². The minimum Gasteiger partial charge on any atom is -0.493 e. The molecule has 3 amide bonds. The second-order valence-electron chi connectivity index (χ2n) is 6.84. The summed E-state index contributed by atoms with van der Waals surface area (Å²) < 4.78 is 17.3. The van der Waals surface area contributed by atoms with Gasteiger partial charge in [-0.1, -0.05) is 30.3 Å². The summed E-state index contributed by atoms with van der Waals surface area (Å²) in [6, 6.07) is 14.3. The van der Waals surface area contributed by atoms with Gasteiger partial charge in [-0.15, -0.1) is 0 Å². The number of para-hydroxylation sites is 3. The summed E-state index contributed by atoms with van der Waals surface area (Å²) in [5.41, 5.74) is -0.373. The lowest BCUT2D eigenvalue weighted by atomic mass is 9.84. The van der Waals surface area contributed by atoms with Gasteiger partial charge in [-0.25, -0.2) is 4.79 Å². The summed E-state index contributed by atoms with van der Waals surface area (Å²) in [7, 11) is 0. The number of benzene rings is 2. The van der Waals surface area contributed by atoms with E-state index in [1.165, 1.54) is 4.90 Å². The van der Waals surface area contributed by atoms with E-state index in [1.54, 1.807) is 0 Å². The fourth-order valence-electron chi connectivity index (χ4n) is 3.89. The number of imide groups is 1. The van der Waals surface area contributed by atoms with E-state index < -0.39 is 17.7 Å². The molecule has 1 saturated heterocycles. The average Bonchev–Trinajstić information content (AvgIpc) is 2.93. The van der Waals surface area contributed by atoms with Crippen LogP contribution in [0.4, 0.5) is 4.79 Å². The summed E-state index contributed by atoms with van der Waals surface area (Å²) in [6.07, 6.45) is -0.0181. The zero-order valence-electron chi connectivity index (χ0n) is 14.5. The van der Waals surface area contributed by atoms with Crippen LogP contribution in [0.1, 0.15) is 12.0 Å². The van der Waals surface area contributed by atoms with E-state index in [2.05, 4.69) is 5.32 Å². The van der Waals surface area contributed by atoms with Crippen LogP contribution in [0.5, 0.6) is 17.2 Å². The van der Waals surface area contributed by atoms with Crippen molar-refractivity contribution in [3.63, 3.8) is 0 Å². The molecule has 5 rings (SSSR count). The Balaban J connectivity index is 1.40. The Morgan fingerprint density at radius 1 is 1.00 bits per heavy atom. The molecule has 3 aliphatic rings. The van der Waals surface area contributed by atoms with E-state index in [0.717, 1.165) is 0 Å². The molecule has 0 saturated carbocycles. The van der Waals surface area contributed by atoms with Gasteiger partial charge in [0.1, 0.15) is 12.4 Å². The number of hydrogen-bond acceptors (Lipinski definition) is 5. The van der Waals surface area contributed by atoms with Crippen molar-refractivity contribution < 1.29 is 23.8 Å². The highest BCUT2D eigenvalue weighted by Gasteiger charge is 2.55. The third kappa shape index (κ3) is 2.42. The molecule has 1 fully saturated rings. The van der Waals surface area contributed by atoms with Crippen LogP contribution < -0.4 is 19.5 Å². The lowest BCUT2D eigenvalue weighted by Crippen LogP contribution is -2.48. The highest BCUT2D eigenvalue weighted by molar-refractivity contribution is 6.08. The summed E-state index contributed by atoms with van der Waals surface area (Å²) in [6.45, 7) is 0.776. The zero-order valence-corrected chi connectivity index (χ0v) is 14.5. The first kappa shape index (κ1) is 16.0. The van der Waals surface area contributed by atoms with Crippen LogP contribution in [0.25, 0.3) is 0 Å². The predicted molar refractivity (Wildman–Crippen MR) is 94.8 cm³/mol. The fourth-order valence-corrected chi connectivity index (χ4v) is 3.89. The fraction of sp³-hybridized carbons (Fsp3) is 0.300. The highest BCUT2D eigenvalue weighted by Crippen LogP contribution is 2.41. The normalized spacial score (nSPS) is 25.8. The average molecular weight is 366 g/mol. The molecule has 1 spiro atoms. The number of rotatable bonds is 2. The van der Waals surface area contributed by atoms with Gasteiger partial charge in [0.15, 0.2) is 23.1 Å². The molecule has 2 unspecified atom stereocenters. The summed E-state index contributed by atoms with van der Waals surface area (Å²) >= 11 is 0. The van der Waals surface area contributed by atoms with Gasteiger partial charge in [0.05, 0.1) is 13.2 Å². The van der Waals surface area contributed by atoms with Crippen LogP contribution >= 0.6 is 0 Å². The molecule has 138 valence electrons. The molecular weight excluding hydrogens is 348 g/mol. The molecule has 7 heteroatoms. The van der Waals surface area contributed by atoms with Crippen molar-refractivity contribution in [2.24, 2.45) is 0 Å². The van der Waals surface area contributed by atoms with Gasteiger partial charge >= 0.3 is 6.03 Å². The molecule has 0 aromatic heterocycles. The van der Waals surface area contributed by atoms with Gasteiger partial charge < -0.3 is 19.5 Å². The quantitative estimate of drug-likeness (QED) is 0.824. The van der Waals surface area contributed by atoms with E-state index in [1.807, 2.05) is 48.5 Å². The van der Waals surface area contributed by atoms with Crippen molar-refractivity contribution in [2.45, 2.75) is 18.1 Å². The lowest BCUT2D eigenvalue weighted by molar-refractivity contribution is -0.133. The Labute approximate surface area is 155 Å². The van der Waals surface area contributed by atoms with Crippen molar-refractivity contribution in [3.05, 3.63) is 54.1 Å². The van der Waals surface area contributed by atoms with Gasteiger partial charge in [-0.05, 0) is 18.2 Å². The standard InChI is InChI=1S/C20H18N2O5/c23-18-20(9-10-25-15-6-2-1-5-14(15)20)21-19(24)22(18)11-13-12-26-16-7-3-4-8-17(16)27-13/h1-8,13H,9-12H2,(H,21,24). The number of hydrogen-bond donors (Lipinski definition) is 1. The molecular formula is C20H18N2O5. The van der Waals surface area contributed by atoms with E-state index in [4.69, 9.17) is 14.2 Å². The van der Waals surface area contributed by atoms with Crippen molar-refractivity contribution >= 4 is 11.9 Å². The minimum atomic E-state index is -1.07. The lowest BCUT2D eigenvalue weighted by Gasteiger charge is -2.33. The van der Waals surface area contributed by atoms with E-state index in [-0.39, 0.29) is 19.1 Å². The topological polar surface area (TPSA) is 77.1 Å². The van der Waals surface area contributed by atoms with Gasteiger partial charge in [-0.3, -0.25) is 9.69 Å². The molecule has 2 aromatic carbocycles. The van der Waals surface area contributed by atoms with Crippen LogP contribution in [0.3, 0.4) is 0 Å². The molecule has 2 atom stereocenters. The van der Waals surface area contributed by atoms with Crippen LogP contribution in [0.15, 0.2) is 48.5 Å². The highest BCUT2D eigenvalue weighted by atomic mass is 16.6. The number of nitrogens with zero attached hydrogens (tertiary/aromatic N) is 1.